The zero-order valence-electron chi connectivity index (χ0n) is 11.9. The summed E-state index contributed by atoms with van der Waals surface area (Å²) in [6.45, 7) is 5.69. The number of hydrogen-bond acceptors (Lipinski definition) is 4. The van der Waals surface area contributed by atoms with Crippen molar-refractivity contribution < 1.29 is 4.79 Å². The van der Waals surface area contributed by atoms with Crippen molar-refractivity contribution in [3.63, 3.8) is 0 Å². The molecule has 4 nitrogen and oxygen atoms in total. The Morgan fingerprint density at radius 3 is 3.05 bits per heavy atom. The first-order valence-electron chi connectivity index (χ1n) is 7.05. The Labute approximate surface area is 119 Å². The Kier molecular flexibility index (Phi) is 3.30. The number of carbonyl (C=O) groups is 1. The van der Waals surface area contributed by atoms with Crippen molar-refractivity contribution in [2.45, 2.75) is 26.3 Å². The van der Waals surface area contributed by atoms with E-state index >= 15 is 0 Å². The number of carbonyl (C=O) groups excluding carboxylic acids is 1. The zero-order valence-corrected chi connectivity index (χ0v) is 11.9. The van der Waals surface area contributed by atoms with Crippen LogP contribution in [0.2, 0.25) is 0 Å². The van der Waals surface area contributed by atoms with Gasteiger partial charge in [0.25, 0.3) is 0 Å². The Bertz CT molecular complexity index is 604. The lowest BCUT2D eigenvalue weighted by atomic mass is 10.1. The van der Waals surface area contributed by atoms with E-state index in [1.165, 1.54) is 12.1 Å². The van der Waals surface area contributed by atoms with Gasteiger partial charge in [-0.1, -0.05) is 6.08 Å². The fraction of sp³-hybridized carbons (Fsp3) is 0.375. The molecule has 1 aromatic rings. The third kappa shape index (κ3) is 2.33. The standard InChI is InChI=1S/C16H19N3O/c1-3-12(5-4-11(2)20)14-6-7-15-16(18-14)17-13-8-9-19(15)10-13/h3-7,13H,8-10H2,1-2H3,(H,17,18)/b5-4-,12-3+/t13-/m0/s1. The number of hydrogen-bond donors (Lipinski definition) is 1. The van der Waals surface area contributed by atoms with Crippen molar-refractivity contribution in [2.24, 2.45) is 0 Å². The molecule has 3 heterocycles. The van der Waals surface area contributed by atoms with E-state index in [1.807, 2.05) is 25.1 Å². The quantitative estimate of drug-likeness (QED) is 0.677. The fourth-order valence-electron chi connectivity index (χ4n) is 2.80. The predicted molar refractivity (Wildman–Crippen MR) is 81.9 cm³/mol. The second kappa shape index (κ2) is 5.12. The molecule has 0 amide bonds. The van der Waals surface area contributed by atoms with E-state index < -0.39 is 0 Å². The minimum atomic E-state index is 0.0459. The van der Waals surface area contributed by atoms with Crippen LogP contribution < -0.4 is 10.2 Å². The number of fused-ring (bicyclic) bond motifs is 4. The smallest absolute Gasteiger partial charge is 0.152 e. The summed E-state index contributed by atoms with van der Waals surface area (Å²) in [4.78, 5) is 18.2. The molecule has 0 unspecified atom stereocenters. The van der Waals surface area contributed by atoms with Crippen molar-refractivity contribution in [3.8, 4) is 0 Å². The van der Waals surface area contributed by atoms with E-state index in [-0.39, 0.29) is 5.78 Å². The van der Waals surface area contributed by atoms with E-state index in [0.717, 1.165) is 30.2 Å². The summed E-state index contributed by atoms with van der Waals surface area (Å²) in [6, 6.07) is 4.67. The van der Waals surface area contributed by atoms with Crippen LogP contribution >= 0.6 is 0 Å². The van der Waals surface area contributed by atoms with Gasteiger partial charge in [0.2, 0.25) is 0 Å². The first-order chi connectivity index (χ1) is 9.67. The SMILES string of the molecule is C/C=C(\C=C/C(C)=O)c1ccc2c(n1)N[C@H]1CCN2C1. The molecule has 0 saturated carbocycles. The van der Waals surface area contributed by atoms with Gasteiger partial charge in [0, 0.05) is 19.1 Å². The first kappa shape index (κ1) is 12.9. The molecular formula is C16H19N3O. The molecule has 1 aromatic heterocycles. The second-order valence-corrected chi connectivity index (χ2v) is 5.33. The first-order valence-corrected chi connectivity index (χ1v) is 7.05. The lowest BCUT2D eigenvalue weighted by molar-refractivity contribution is -0.112. The van der Waals surface area contributed by atoms with E-state index in [2.05, 4.69) is 16.3 Å². The van der Waals surface area contributed by atoms with Crippen LogP contribution in [0.1, 0.15) is 26.0 Å². The molecule has 0 radical (unpaired) electrons. The zero-order chi connectivity index (χ0) is 14.1. The Morgan fingerprint density at radius 2 is 2.30 bits per heavy atom. The molecule has 104 valence electrons. The molecule has 0 spiro atoms. The Balaban J connectivity index is 1.92. The van der Waals surface area contributed by atoms with Gasteiger partial charge in [0.1, 0.15) is 0 Å². The molecule has 0 aliphatic carbocycles. The molecule has 3 rings (SSSR count). The van der Waals surface area contributed by atoms with Crippen molar-refractivity contribution in [1.29, 1.82) is 0 Å². The fourth-order valence-corrected chi connectivity index (χ4v) is 2.80. The number of ketones is 1. The number of allylic oxidation sites excluding steroid dienone is 4. The molecule has 2 aliphatic rings. The van der Waals surface area contributed by atoms with Gasteiger partial charge in [-0.2, -0.15) is 0 Å². The molecule has 0 aromatic carbocycles. The highest BCUT2D eigenvalue weighted by Crippen LogP contribution is 2.35. The maximum Gasteiger partial charge on any atom is 0.152 e. The number of aromatic nitrogens is 1. The van der Waals surface area contributed by atoms with E-state index in [1.54, 1.807) is 13.0 Å². The van der Waals surface area contributed by atoms with Gasteiger partial charge < -0.3 is 10.2 Å². The van der Waals surface area contributed by atoms with Crippen molar-refractivity contribution in [3.05, 3.63) is 36.1 Å². The van der Waals surface area contributed by atoms with Crippen LogP contribution in [0.4, 0.5) is 11.5 Å². The van der Waals surface area contributed by atoms with Gasteiger partial charge in [-0.25, -0.2) is 4.98 Å². The summed E-state index contributed by atoms with van der Waals surface area (Å²) in [5.41, 5.74) is 3.06. The summed E-state index contributed by atoms with van der Waals surface area (Å²) < 4.78 is 0. The number of nitrogens with one attached hydrogen (secondary N) is 1. The summed E-state index contributed by atoms with van der Waals surface area (Å²) in [6.07, 6.45) is 6.56. The number of rotatable bonds is 3. The minimum Gasteiger partial charge on any atom is -0.366 e. The number of pyridine rings is 1. The summed E-state index contributed by atoms with van der Waals surface area (Å²) >= 11 is 0. The molecule has 20 heavy (non-hydrogen) atoms. The van der Waals surface area contributed by atoms with Crippen LogP contribution in [0.3, 0.4) is 0 Å². The largest absolute Gasteiger partial charge is 0.366 e. The van der Waals surface area contributed by atoms with Crippen LogP contribution in [-0.2, 0) is 4.79 Å². The predicted octanol–water partition coefficient (Wildman–Crippen LogP) is 2.63. The Hall–Kier alpha value is -2.10. The summed E-state index contributed by atoms with van der Waals surface area (Å²) in [5, 5.41) is 3.50. The van der Waals surface area contributed by atoms with Gasteiger partial charge >= 0.3 is 0 Å². The van der Waals surface area contributed by atoms with Crippen LogP contribution in [0.5, 0.6) is 0 Å². The average Bonchev–Trinajstić information content (AvgIpc) is 2.81. The number of nitrogens with zero attached hydrogens (tertiary/aromatic N) is 2. The molecular weight excluding hydrogens is 250 g/mol. The van der Waals surface area contributed by atoms with Gasteiger partial charge in [-0.15, -0.1) is 0 Å². The van der Waals surface area contributed by atoms with Gasteiger partial charge in [-0.05, 0) is 50.1 Å². The molecule has 4 heteroatoms. The molecule has 2 aliphatic heterocycles. The monoisotopic (exact) mass is 269 g/mol. The van der Waals surface area contributed by atoms with Gasteiger partial charge in [-0.3, -0.25) is 4.79 Å². The second-order valence-electron chi connectivity index (χ2n) is 5.33. The average molecular weight is 269 g/mol. The normalized spacial score (nSPS) is 21.0. The lowest BCUT2D eigenvalue weighted by Crippen LogP contribution is -2.32. The molecule has 1 fully saturated rings. The van der Waals surface area contributed by atoms with Crippen LogP contribution in [0.15, 0.2) is 30.4 Å². The van der Waals surface area contributed by atoms with Crippen LogP contribution in [-0.4, -0.2) is 29.9 Å². The molecule has 1 atom stereocenters. The number of anilines is 2. The van der Waals surface area contributed by atoms with E-state index in [9.17, 15) is 4.79 Å². The van der Waals surface area contributed by atoms with Crippen LogP contribution in [0.25, 0.3) is 5.57 Å². The minimum absolute atomic E-state index is 0.0459. The van der Waals surface area contributed by atoms with Crippen molar-refractivity contribution in [1.82, 2.24) is 4.98 Å². The molecule has 1 N–H and O–H groups in total. The van der Waals surface area contributed by atoms with Gasteiger partial charge in [0.05, 0.1) is 11.4 Å². The third-order valence-corrected chi connectivity index (χ3v) is 3.85. The van der Waals surface area contributed by atoms with Gasteiger partial charge in [0.15, 0.2) is 11.6 Å². The lowest BCUT2D eigenvalue weighted by Gasteiger charge is -2.28. The van der Waals surface area contributed by atoms with Crippen LogP contribution in [0, 0.1) is 0 Å². The molecule has 2 bridgehead atoms. The highest BCUT2D eigenvalue weighted by molar-refractivity contribution is 5.90. The Morgan fingerprint density at radius 1 is 1.45 bits per heavy atom. The highest BCUT2D eigenvalue weighted by Gasteiger charge is 2.30. The third-order valence-electron chi connectivity index (χ3n) is 3.85. The topological polar surface area (TPSA) is 45.2 Å². The summed E-state index contributed by atoms with van der Waals surface area (Å²) in [5.74, 6) is 1.01. The summed E-state index contributed by atoms with van der Waals surface area (Å²) in [7, 11) is 0. The highest BCUT2D eigenvalue weighted by atomic mass is 16.1. The molecule has 1 saturated heterocycles. The van der Waals surface area contributed by atoms with E-state index in [0.29, 0.717) is 6.04 Å². The maximum atomic E-state index is 11.1. The van der Waals surface area contributed by atoms with Crippen molar-refractivity contribution >= 4 is 22.9 Å². The van der Waals surface area contributed by atoms with E-state index in [4.69, 9.17) is 4.98 Å². The van der Waals surface area contributed by atoms with Crippen molar-refractivity contribution in [2.75, 3.05) is 23.3 Å². The maximum absolute atomic E-state index is 11.1.